The second kappa shape index (κ2) is 5.13. The van der Waals surface area contributed by atoms with Crippen molar-refractivity contribution in [1.82, 2.24) is 20.2 Å². The largest absolute Gasteiger partial charge is 0.352 e. The summed E-state index contributed by atoms with van der Waals surface area (Å²) >= 11 is 0. The molecule has 3 rings (SSSR count). The summed E-state index contributed by atoms with van der Waals surface area (Å²) in [7, 11) is 0. The number of aromatic nitrogens is 2. The van der Waals surface area contributed by atoms with Crippen LogP contribution in [-0.4, -0.2) is 60.0 Å². The van der Waals surface area contributed by atoms with Crippen molar-refractivity contribution in [3.05, 3.63) is 18.1 Å². The highest BCUT2D eigenvalue weighted by atomic mass is 16.2. The maximum Gasteiger partial charge on any atom is 0.219 e. The third-order valence-corrected chi connectivity index (χ3v) is 3.90. The van der Waals surface area contributed by atoms with Crippen LogP contribution in [0.1, 0.15) is 18.5 Å². The number of amides is 1. The Morgan fingerprint density at radius 3 is 2.47 bits per heavy atom. The van der Waals surface area contributed by atoms with Gasteiger partial charge in [0.05, 0.1) is 5.69 Å². The van der Waals surface area contributed by atoms with Gasteiger partial charge in [-0.15, -0.1) is 0 Å². The number of piperazine rings is 1. The van der Waals surface area contributed by atoms with Crippen molar-refractivity contribution in [2.75, 3.05) is 44.2 Å². The van der Waals surface area contributed by atoms with Crippen LogP contribution < -0.4 is 10.2 Å². The van der Waals surface area contributed by atoms with Crippen LogP contribution in [0.5, 0.6) is 0 Å². The highest BCUT2D eigenvalue weighted by Crippen LogP contribution is 2.26. The summed E-state index contributed by atoms with van der Waals surface area (Å²) in [6, 6.07) is 0. The smallest absolute Gasteiger partial charge is 0.219 e. The summed E-state index contributed by atoms with van der Waals surface area (Å²) in [4.78, 5) is 24.5. The van der Waals surface area contributed by atoms with Gasteiger partial charge in [0.15, 0.2) is 5.82 Å². The van der Waals surface area contributed by atoms with Gasteiger partial charge in [0, 0.05) is 64.5 Å². The maximum atomic E-state index is 11.3. The second-order valence-corrected chi connectivity index (χ2v) is 5.11. The Morgan fingerprint density at radius 1 is 1.21 bits per heavy atom. The number of rotatable bonds is 2. The summed E-state index contributed by atoms with van der Waals surface area (Å²) in [6.45, 7) is 6.82. The van der Waals surface area contributed by atoms with E-state index in [4.69, 9.17) is 0 Å². The van der Waals surface area contributed by atoms with Crippen LogP contribution in [0.15, 0.2) is 12.4 Å². The number of carbonyl (C=O) groups excluding carboxylic acids is 1. The van der Waals surface area contributed by atoms with Crippen LogP contribution in [0.2, 0.25) is 0 Å². The first kappa shape index (κ1) is 12.3. The van der Waals surface area contributed by atoms with Gasteiger partial charge in [0.1, 0.15) is 0 Å². The molecule has 6 heteroatoms. The summed E-state index contributed by atoms with van der Waals surface area (Å²) in [5, 5.41) is 3.27. The van der Waals surface area contributed by atoms with Crippen molar-refractivity contribution in [1.29, 1.82) is 0 Å². The summed E-state index contributed by atoms with van der Waals surface area (Å²) in [5.41, 5.74) is 1.09. The van der Waals surface area contributed by atoms with E-state index in [-0.39, 0.29) is 5.91 Å². The lowest BCUT2D eigenvalue weighted by molar-refractivity contribution is -0.129. The van der Waals surface area contributed by atoms with E-state index in [1.165, 1.54) is 0 Å². The maximum absolute atomic E-state index is 11.3. The molecule has 0 saturated carbocycles. The van der Waals surface area contributed by atoms with Gasteiger partial charge in [0.2, 0.25) is 5.91 Å². The molecule has 3 heterocycles. The zero-order chi connectivity index (χ0) is 13.2. The minimum absolute atomic E-state index is 0.155. The molecule has 6 nitrogen and oxygen atoms in total. The number of carbonyl (C=O) groups is 1. The molecule has 2 fully saturated rings. The predicted molar refractivity (Wildman–Crippen MR) is 72.1 cm³/mol. The average molecular weight is 261 g/mol. The minimum atomic E-state index is 0.155. The fourth-order valence-corrected chi connectivity index (χ4v) is 2.59. The molecule has 2 aliphatic rings. The van der Waals surface area contributed by atoms with E-state index >= 15 is 0 Å². The van der Waals surface area contributed by atoms with Gasteiger partial charge in [-0.3, -0.25) is 9.78 Å². The molecule has 1 aromatic rings. The van der Waals surface area contributed by atoms with E-state index in [0.29, 0.717) is 5.92 Å². The monoisotopic (exact) mass is 261 g/mol. The first-order valence-electron chi connectivity index (χ1n) is 6.78. The molecule has 19 heavy (non-hydrogen) atoms. The molecule has 0 atom stereocenters. The van der Waals surface area contributed by atoms with E-state index in [9.17, 15) is 4.79 Å². The highest BCUT2D eigenvalue weighted by Gasteiger charge is 2.28. The van der Waals surface area contributed by atoms with Crippen molar-refractivity contribution in [3.8, 4) is 0 Å². The van der Waals surface area contributed by atoms with E-state index in [1.54, 1.807) is 19.3 Å². The topological polar surface area (TPSA) is 61.4 Å². The Kier molecular flexibility index (Phi) is 3.33. The van der Waals surface area contributed by atoms with Crippen LogP contribution in [0.4, 0.5) is 5.82 Å². The summed E-state index contributed by atoms with van der Waals surface area (Å²) in [5.74, 6) is 1.63. The van der Waals surface area contributed by atoms with E-state index in [0.717, 1.165) is 50.8 Å². The molecular formula is C13H19N5O. The first-order chi connectivity index (χ1) is 9.25. The first-order valence-corrected chi connectivity index (χ1v) is 6.78. The highest BCUT2D eigenvalue weighted by molar-refractivity contribution is 5.73. The number of hydrogen-bond acceptors (Lipinski definition) is 5. The van der Waals surface area contributed by atoms with Gasteiger partial charge in [-0.2, -0.15) is 0 Å². The van der Waals surface area contributed by atoms with Crippen molar-refractivity contribution >= 4 is 11.7 Å². The quantitative estimate of drug-likeness (QED) is 0.801. The number of hydrogen-bond donors (Lipinski definition) is 1. The van der Waals surface area contributed by atoms with E-state index in [2.05, 4.69) is 20.2 Å². The summed E-state index contributed by atoms with van der Waals surface area (Å²) < 4.78 is 0. The standard InChI is InChI=1S/C13H19N5O/c1-10(19)17-4-6-18(7-5-17)13-12(11-8-14-9-11)15-2-3-16-13/h2-3,11,14H,4-9H2,1H3. The Labute approximate surface area is 112 Å². The normalized spacial score (nSPS) is 20.3. The Balaban J connectivity index is 1.74. The van der Waals surface area contributed by atoms with Gasteiger partial charge in [-0.25, -0.2) is 4.98 Å². The molecule has 0 spiro atoms. The lowest BCUT2D eigenvalue weighted by Gasteiger charge is -2.37. The van der Waals surface area contributed by atoms with Crippen LogP contribution in [-0.2, 0) is 4.79 Å². The van der Waals surface area contributed by atoms with Crippen LogP contribution in [0, 0.1) is 0 Å². The molecule has 0 unspecified atom stereocenters. The number of nitrogens with one attached hydrogen (secondary N) is 1. The lowest BCUT2D eigenvalue weighted by Crippen LogP contribution is -2.49. The molecule has 2 saturated heterocycles. The lowest BCUT2D eigenvalue weighted by atomic mass is 9.98. The summed E-state index contributed by atoms with van der Waals surface area (Å²) in [6.07, 6.45) is 3.52. The molecule has 1 aromatic heterocycles. The molecule has 2 aliphatic heterocycles. The van der Waals surface area contributed by atoms with Crippen molar-refractivity contribution < 1.29 is 4.79 Å². The fraction of sp³-hybridized carbons (Fsp3) is 0.615. The second-order valence-electron chi connectivity index (χ2n) is 5.11. The number of anilines is 1. The van der Waals surface area contributed by atoms with Gasteiger partial charge < -0.3 is 15.1 Å². The third kappa shape index (κ3) is 2.40. The van der Waals surface area contributed by atoms with Crippen LogP contribution in [0.3, 0.4) is 0 Å². The van der Waals surface area contributed by atoms with Gasteiger partial charge >= 0.3 is 0 Å². The molecular weight excluding hydrogens is 242 g/mol. The molecule has 102 valence electrons. The molecule has 0 aliphatic carbocycles. The van der Waals surface area contributed by atoms with Gasteiger partial charge in [-0.05, 0) is 0 Å². The molecule has 1 amide bonds. The third-order valence-electron chi connectivity index (χ3n) is 3.90. The Bertz CT molecular complexity index is 466. The van der Waals surface area contributed by atoms with Crippen LogP contribution in [0.25, 0.3) is 0 Å². The van der Waals surface area contributed by atoms with Gasteiger partial charge in [0.25, 0.3) is 0 Å². The van der Waals surface area contributed by atoms with Crippen LogP contribution >= 0.6 is 0 Å². The Hall–Kier alpha value is -1.69. The minimum Gasteiger partial charge on any atom is -0.352 e. The molecule has 1 N–H and O–H groups in total. The van der Waals surface area contributed by atoms with Crippen molar-refractivity contribution in [2.45, 2.75) is 12.8 Å². The van der Waals surface area contributed by atoms with Gasteiger partial charge in [-0.1, -0.05) is 0 Å². The molecule has 0 bridgehead atoms. The van der Waals surface area contributed by atoms with E-state index in [1.807, 2.05) is 4.90 Å². The zero-order valence-corrected chi connectivity index (χ0v) is 11.2. The van der Waals surface area contributed by atoms with E-state index < -0.39 is 0 Å². The average Bonchev–Trinajstić information content (AvgIpc) is 2.37. The molecule has 0 aromatic carbocycles. The Morgan fingerprint density at radius 2 is 1.89 bits per heavy atom. The SMILES string of the molecule is CC(=O)N1CCN(c2nccnc2C2CNC2)CC1. The molecule has 0 radical (unpaired) electrons. The number of nitrogens with zero attached hydrogens (tertiary/aromatic N) is 4. The zero-order valence-electron chi connectivity index (χ0n) is 11.2. The fourth-order valence-electron chi connectivity index (χ4n) is 2.59. The van der Waals surface area contributed by atoms with Crippen molar-refractivity contribution in [3.63, 3.8) is 0 Å². The predicted octanol–water partition coefficient (Wildman–Crippen LogP) is -0.168. The van der Waals surface area contributed by atoms with Crippen molar-refractivity contribution in [2.24, 2.45) is 0 Å².